The predicted octanol–water partition coefficient (Wildman–Crippen LogP) is 0.479. The molecule has 1 aromatic heterocycles. The van der Waals surface area contributed by atoms with Gasteiger partial charge in [0.05, 0.1) is 6.07 Å². The SMILES string of the molecule is C=CCCCc1cc(O)cc(=O)o1.[CH2-]CCC.[Li+]. The van der Waals surface area contributed by atoms with E-state index in [2.05, 4.69) is 20.4 Å². The van der Waals surface area contributed by atoms with Crippen molar-refractivity contribution in [2.24, 2.45) is 0 Å². The van der Waals surface area contributed by atoms with E-state index in [1.807, 2.05) is 0 Å². The molecule has 18 heavy (non-hydrogen) atoms. The largest absolute Gasteiger partial charge is 1.00 e. The van der Waals surface area contributed by atoms with Crippen LogP contribution in [0.15, 0.2) is 34.0 Å². The molecule has 0 saturated heterocycles. The molecule has 0 fully saturated rings. The number of hydrogen-bond donors (Lipinski definition) is 1. The predicted molar refractivity (Wildman–Crippen MR) is 70.0 cm³/mol. The van der Waals surface area contributed by atoms with Crippen LogP contribution in [0.4, 0.5) is 0 Å². The Hall–Kier alpha value is -0.913. The van der Waals surface area contributed by atoms with Crippen LogP contribution in [0, 0.1) is 6.92 Å². The fourth-order valence-corrected chi connectivity index (χ4v) is 1.06. The zero-order valence-electron chi connectivity index (χ0n) is 11.4. The standard InChI is InChI=1S/C10H12O3.C4H9.Li/c1-2-3-4-5-9-6-8(11)7-10(12)13-9;1-3-4-2;/h2,6-7,11H,1,3-5H2;1,3-4H2,2H3;/q;-1;+1. The van der Waals surface area contributed by atoms with Crippen LogP contribution < -0.4 is 24.5 Å². The first kappa shape index (κ1) is 19.4. The van der Waals surface area contributed by atoms with E-state index >= 15 is 0 Å². The molecule has 0 aromatic carbocycles. The quantitative estimate of drug-likeness (QED) is 0.355. The van der Waals surface area contributed by atoms with Crippen LogP contribution in [-0.4, -0.2) is 5.11 Å². The van der Waals surface area contributed by atoms with E-state index in [1.165, 1.54) is 12.5 Å². The van der Waals surface area contributed by atoms with Crippen molar-refractivity contribution in [1.29, 1.82) is 0 Å². The van der Waals surface area contributed by atoms with Crippen molar-refractivity contribution in [2.45, 2.75) is 39.0 Å². The van der Waals surface area contributed by atoms with Crippen molar-refractivity contribution in [3.05, 3.63) is 47.9 Å². The summed E-state index contributed by atoms with van der Waals surface area (Å²) >= 11 is 0. The normalized spacial score (nSPS) is 8.78. The van der Waals surface area contributed by atoms with Crippen LogP contribution in [0.1, 0.15) is 38.4 Å². The van der Waals surface area contributed by atoms with Crippen molar-refractivity contribution in [1.82, 2.24) is 0 Å². The summed E-state index contributed by atoms with van der Waals surface area (Å²) in [5.41, 5.74) is -0.506. The van der Waals surface area contributed by atoms with Gasteiger partial charge in [-0.3, -0.25) is 0 Å². The molecule has 0 saturated carbocycles. The van der Waals surface area contributed by atoms with Gasteiger partial charge >= 0.3 is 24.5 Å². The molecule has 0 radical (unpaired) electrons. The first-order valence-corrected chi connectivity index (χ1v) is 5.87. The Balaban J connectivity index is 0. The Labute approximate surface area is 121 Å². The smallest absolute Gasteiger partial charge is 0.508 e. The first-order valence-electron chi connectivity index (χ1n) is 5.87. The van der Waals surface area contributed by atoms with Crippen molar-refractivity contribution in [2.75, 3.05) is 0 Å². The number of hydrogen-bond acceptors (Lipinski definition) is 3. The number of allylic oxidation sites excluding steroid dienone is 1. The van der Waals surface area contributed by atoms with Crippen molar-refractivity contribution in [3.8, 4) is 5.75 Å². The van der Waals surface area contributed by atoms with E-state index < -0.39 is 5.63 Å². The second-order valence-electron chi connectivity index (χ2n) is 3.64. The summed E-state index contributed by atoms with van der Waals surface area (Å²) < 4.78 is 4.85. The molecule has 0 aliphatic carbocycles. The Morgan fingerprint density at radius 3 is 2.56 bits per heavy atom. The average Bonchev–Trinajstić information content (AvgIpc) is 2.28. The molecular formula is C14H21LiO3. The van der Waals surface area contributed by atoms with Gasteiger partial charge < -0.3 is 16.4 Å². The van der Waals surface area contributed by atoms with Gasteiger partial charge in [0.15, 0.2) is 0 Å². The number of aryl methyl sites for hydroxylation is 1. The average molecular weight is 244 g/mol. The molecule has 1 rings (SSSR count). The summed E-state index contributed by atoms with van der Waals surface area (Å²) in [5, 5.41) is 9.07. The molecule has 1 heterocycles. The Morgan fingerprint density at radius 1 is 1.50 bits per heavy atom. The van der Waals surface area contributed by atoms with Gasteiger partial charge in [-0.2, -0.15) is 6.42 Å². The van der Waals surface area contributed by atoms with Gasteiger partial charge in [0, 0.05) is 12.5 Å². The van der Waals surface area contributed by atoms with Crippen LogP contribution in [0.25, 0.3) is 0 Å². The van der Waals surface area contributed by atoms with Gasteiger partial charge in [-0.25, -0.2) is 4.79 Å². The molecule has 1 N–H and O–H groups in total. The third-order valence-electron chi connectivity index (χ3n) is 1.99. The monoisotopic (exact) mass is 244 g/mol. The van der Waals surface area contributed by atoms with Crippen molar-refractivity contribution < 1.29 is 28.4 Å². The molecule has 0 aliphatic rings. The van der Waals surface area contributed by atoms with E-state index in [9.17, 15) is 4.79 Å². The van der Waals surface area contributed by atoms with Crippen LogP contribution in [-0.2, 0) is 6.42 Å². The maximum absolute atomic E-state index is 10.8. The number of rotatable bonds is 5. The van der Waals surface area contributed by atoms with E-state index in [-0.39, 0.29) is 24.6 Å². The maximum atomic E-state index is 10.8. The Kier molecular flexibility index (Phi) is 13.5. The van der Waals surface area contributed by atoms with Gasteiger partial charge in [-0.15, -0.1) is 6.58 Å². The van der Waals surface area contributed by atoms with Crippen LogP contribution in [0.5, 0.6) is 5.75 Å². The topological polar surface area (TPSA) is 50.4 Å². The molecule has 4 heteroatoms. The summed E-state index contributed by atoms with van der Waals surface area (Å²) in [5.74, 6) is 0.483. The molecule has 1 aromatic rings. The first-order chi connectivity index (χ1) is 8.13. The number of unbranched alkanes of at least 4 members (excludes halogenated alkanes) is 2. The Bertz CT molecular complexity index is 370. The van der Waals surface area contributed by atoms with E-state index in [1.54, 1.807) is 6.08 Å². The van der Waals surface area contributed by atoms with Crippen molar-refractivity contribution >= 4 is 0 Å². The fourth-order valence-electron chi connectivity index (χ4n) is 1.06. The molecule has 3 nitrogen and oxygen atoms in total. The number of aromatic hydroxyl groups is 1. The van der Waals surface area contributed by atoms with Crippen LogP contribution in [0.3, 0.4) is 0 Å². The summed E-state index contributed by atoms with van der Waals surface area (Å²) in [6.45, 7) is 9.31. The molecular weight excluding hydrogens is 223 g/mol. The van der Waals surface area contributed by atoms with Gasteiger partial charge in [-0.05, 0) is 12.8 Å². The summed E-state index contributed by atoms with van der Waals surface area (Å²) in [6.07, 6.45) is 6.48. The van der Waals surface area contributed by atoms with E-state index in [4.69, 9.17) is 9.52 Å². The van der Waals surface area contributed by atoms with Gasteiger partial charge in [0.2, 0.25) is 0 Å². The molecule has 0 unspecified atom stereocenters. The van der Waals surface area contributed by atoms with Crippen LogP contribution in [0.2, 0.25) is 0 Å². The molecule has 0 aliphatic heterocycles. The second kappa shape index (κ2) is 12.5. The Morgan fingerprint density at radius 2 is 2.11 bits per heavy atom. The van der Waals surface area contributed by atoms with Crippen molar-refractivity contribution in [3.63, 3.8) is 0 Å². The molecule has 0 bridgehead atoms. The van der Waals surface area contributed by atoms with E-state index in [0.717, 1.165) is 25.3 Å². The molecule has 96 valence electrons. The molecule has 0 atom stereocenters. The summed E-state index contributed by atoms with van der Waals surface area (Å²) in [4.78, 5) is 10.8. The zero-order valence-corrected chi connectivity index (χ0v) is 11.4. The third-order valence-corrected chi connectivity index (χ3v) is 1.99. The molecule has 0 spiro atoms. The minimum Gasteiger partial charge on any atom is -0.508 e. The van der Waals surface area contributed by atoms with Gasteiger partial charge in [-0.1, -0.05) is 19.4 Å². The maximum Gasteiger partial charge on any atom is 1.00 e. The third kappa shape index (κ3) is 10.3. The summed E-state index contributed by atoms with van der Waals surface area (Å²) in [6, 6.07) is 2.52. The summed E-state index contributed by atoms with van der Waals surface area (Å²) in [7, 11) is 0. The zero-order chi connectivity index (χ0) is 13.1. The molecule has 0 amide bonds. The van der Waals surface area contributed by atoms with Gasteiger partial charge in [0.25, 0.3) is 0 Å². The van der Waals surface area contributed by atoms with E-state index in [0.29, 0.717) is 12.2 Å². The van der Waals surface area contributed by atoms with Gasteiger partial charge in [0.1, 0.15) is 11.5 Å². The minimum absolute atomic E-state index is 0. The minimum atomic E-state index is -0.506. The van der Waals surface area contributed by atoms with Crippen LogP contribution >= 0.6 is 0 Å². The fraction of sp³-hybridized carbons (Fsp3) is 0.429. The second-order valence-corrected chi connectivity index (χ2v) is 3.64.